The number of hydrogen-bond donors (Lipinski definition) is 2. The second-order valence-corrected chi connectivity index (χ2v) is 7.12. The predicted octanol–water partition coefficient (Wildman–Crippen LogP) is 3.43. The monoisotopic (exact) mass is 371 g/mol. The summed E-state index contributed by atoms with van der Waals surface area (Å²) in [5, 5.41) is 0. The standard InChI is InChI=1S/C20H23F2N5/c21-20(22,12-23)13-27(11-18-25-15-7-1-2-8-16(15)26-18)17-9-3-5-14-6-4-10-24-19(14)17/h1-2,4,6-8,10,17H,3,5,9,11-13,23H2,(H,25,26). The van der Waals surface area contributed by atoms with Crippen LogP contribution in [0.25, 0.3) is 11.0 Å². The van der Waals surface area contributed by atoms with Crippen molar-refractivity contribution in [3.8, 4) is 0 Å². The fourth-order valence-corrected chi connectivity index (χ4v) is 3.85. The number of imidazole rings is 1. The van der Waals surface area contributed by atoms with Crippen molar-refractivity contribution < 1.29 is 8.78 Å². The van der Waals surface area contributed by atoms with Gasteiger partial charge in [0.1, 0.15) is 5.82 Å². The van der Waals surface area contributed by atoms with Crippen LogP contribution >= 0.6 is 0 Å². The Balaban J connectivity index is 1.67. The van der Waals surface area contributed by atoms with Crippen LogP contribution in [0.2, 0.25) is 0 Å². The van der Waals surface area contributed by atoms with Crippen molar-refractivity contribution in [1.29, 1.82) is 0 Å². The zero-order valence-electron chi connectivity index (χ0n) is 15.0. The van der Waals surface area contributed by atoms with Gasteiger partial charge in [0.2, 0.25) is 0 Å². The molecule has 3 aromatic rings. The maximum Gasteiger partial charge on any atom is 0.272 e. The number of aryl methyl sites for hydroxylation is 1. The molecule has 5 nitrogen and oxygen atoms in total. The number of halogens is 2. The van der Waals surface area contributed by atoms with E-state index in [1.807, 2.05) is 36.4 Å². The first-order valence-electron chi connectivity index (χ1n) is 9.25. The van der Waals surface area contributed by atoms with Crippen LogP contribution in [0.4, 0.5) is 8.78 Å². The normalized spacial score (nSPS) is 17.4. The number of hydrogen-bond acceptors (Lipinski definition) is 4. The molecule has 0 bridgehead atoms. The van der Waals surface area contributed by atoms with E-state index in [0.29, 0.717) is 12.4 Å². The van der Waals surface area contributed by atoms with Crippen LogP contribution in [-0.4, -0.2) is 38.9 Å². The minimum Gasteiger partial charge on any atom is -0.341 e. The lowest BCUT2D eigenvalue weighted by Crippen LogP contribution is -2.44. The van der Waals surface area contributed by atoms with E-state index in [0.717, 1.165) is 41.6 Å². The van der Waals surface area contributed by atoms with Crippen molar-refractivity contribution in [1.82, 2.24) is 19.9 Å². The van der Waals surface area contributed by atoms with Crippen molar-refractivity contribution in [2.24, 2.45) is 5.73 Å². The van der Waals surface area contributed by atoms with Crippen molar-refractivity contribution in [2.75, 3.05) is 13.1 Å². The number of nitrogens with zero attached hydrogens (tertiary/aromatic N) is 3. The molecule has 0 aliphatic heterocycles. The van der Waals surface area contributed by atoms with Gasteiger partial charge in [-0.05, 0) is 43.0 Å². The van der Waals surface area contributed by atoms with Crippen molar-refractivity contribution >= 4 is 11.0 Å². The number of fused-ring (bicyclic) bond motifs is 2. The van der Waals surface area contributed by atoms with Gasteiger partial charge in [-0.25, -0.2) is 13.8 Å². The fourth-order valence-electron chi connectivity index (χ4n) is 3.85. The Hall–Kier alpha value is -2.38. The van der Waals surface area contributed by atoms with Crippen molar-refractivity contribution in [2.45, 2.75) is 37.8 Å². The van der Waals surface area contributed by atoms with Gasteiger partial charge in [0.15, 0.2) is 0 Å². The summed E-state index contributed by atoms with van der Waals surface area (Å²) < 4.78 is 28.4. The minimum atomic E-state index is -2.96. The van der Waals surface area contributed by atoms with Crippen LogP contribution in [-0.2, 0) is 13.0 Å². The van der Waals surface area contributed by atoms with Gasteiger partial charge in [0.25, 0.3) is 5.92 Å². The second-order valence-electron chi connectivity index (χ2n) is 7.12. The highest BCUT2D eigenvalue weighted by Gasteiger charge is 2.36. The van der Waals surface area contributed by atoms with E-state index >= 15 is 0 Å². The first-order chi connectivity index (χ1) is 13.1. The number of aromatic amines is 1. The lowest BCUT2D eigenvalue weighted by Gasteiger charge is -2.36. The summed E-state index contributed by atoms with van der Waals surface area (Å²) in [6, 6.07) is 11.4. The second kappa shape index (κ2) is 7.32. The Bertz CT molecular complexity index is 890. The van der Waals surface area contributed by atoms with E-state index in [1.54, 1.807) is 11.1 Å². The molecule has 4 rings (SSSR count). The van der Waals surface area contributed by atoms with Gasteiger partial charge >= 0.3 is 0 Å². The first kappa shape index (κ1) is 18.0. The quantitative estimate of drug-likeness (QED) is 0.696. The number of benzene rings is 1. The number of pyridine rings is 1. The molecule has 0 amide bonds. The SMILES string of the molecule is NCC(F)(F)CN(Cc1nc2ccccc2[nH]1)C1CCCc2cccnc21. The molecule has 3 N–H and O–H groups in total. The minimum absolute atomic E-state index is 0.166. The van der Waals surface area contributed by atoms with E-state index in [1.165, 1.54) is 0 Å². The smallest absolute Gasteiger partial charge is 0.272 e. The highest BCUT2D eigenvalue weighted by molar-refractivity contribution is 5.74. The number of H-pyrrole nitrogens is 1. The zero-order valence-corrected chi connectivity index (χ0v) is 15.0. The van der Waals surface area contributed by atoms with Gasteiger partial charge in [-0.2, -0.15) is 0 Å². The number of aromatic nitrogens is 3. The van der Waals surface area contributed by atoms with Crippen molar-refractivity contribution in [3.05, 3.63) is 59.7 Å². The average molecular weight is 371 g/mol. The highest BCUT2D eigenvalue weighted by Crippen LogP contribution is 2.35. The lowest BCUT2D eigenvalue weighted by atomic mass is 9.90. The van der Waals surface area contributed by atoms with Gasteiger partial charge in [-0.1, -0.05) is 18.2 Å². The molecule has 0 saturated heterocycles. The third kappa shape index (κ3) is 3.84. The van der Waals surface area contributed by atoms with Gasteiger partial charge in [-0.3, -0.25) is 9.88 Å². The van der Waals surface area contributed by atoms with E-state index in [2.05, 4.69) is 15.0 Å². The summed E-state index contributed by atoms with van der Waals surface area (Å²) in [4.78, 5) is 14.1. The maximum atomic E-state index is 14.2. The molecule has 0 spiro atoms. The molecule has 1 aliphatic rings. The van der Waals surface area contributed by atoms with Crippen LogP contribution in [0.5, 0.6) is 0 Å². The summed E-state index contributed by atoms with van der Waals surface area (Å²) in [6.45, 7) is -0.794. The Kier molecular flexibility index (Phi) is 4.88. The fraction of sp³-hybridized carbons (Fsp3) is 0.400. The molecule has 1 aliphatic carbocycles. The Morgan fingerprint density at radius 1 is 1.22 bits per heavy atom. The van der Waals surface area contributed by atoms with E-state index < -0.39 is 19.0 Å². The zero-order chi connectivity index (χ0) is 18.9. The molecule has 1 unspecified atom stereocenters. The molecule has 2 aromatic heterocycles. The van der Waals surface area contributed by atoms with E-state index in [-0.39, 0.29) is 6.04 Å². The molecule has 0 saturated carbocycles. The number of rotatable bonds is 6. The molecule has 1 atom stereocenters. The topological polar surface area (TPSA) is 70.8 Å². The highest BCUT2D eigenvalue weighted by atomic mass is 19.3. The molecule has 2 heterocycles. The van der Waals surface area contributed by atoms with E-state index in [4.69, 9.17) is 5.73 Å². The molecule has 0 radical (unpaired) electrons. The molecular formula is C20H23F2N5. The van der Waals surface area contributed by atoms with Crippen LogP contribution in [0, 0.1) is 0 Å². The summed E-state index contributed by atoms with van der Waals surface area (Å²) in [5.74, 6) is -2.29. The molecular weight excluding hydrogens is 348 g/mol. The summed E-state index contributed by atoms with van der Waals surface area (Å²) in [7, 11) is 0. The third-order valence-electron chi connectivity index (χ3n) is 5.13. The van der Waals surface area contributed by atoms with Gasteiger partial charge in [0.05, 0.1) is 42.4 Å². The predicted molar refractivity (Wildman–Crippen MR) is 100 cm³/mol. The average Bonchev–Trinajstić information content (AvgIpc) is 3.09. The molecule has 1 aromatic carbocycles. The number of nitrogens with one attached hydrogen (secondary N) is 1. The lowest BCUT2D eigenvalue weighted by molar-refractivity contribution is -0.0405. The van der Waals surface area contributed by atoms with Gasteiger partial charge in [0, 0.05) is 6.20 Å². The molecule has 7 heteroatoms. The van der Waals surface area contributed by atoms with E-state index in [9.17, 15) is 8.78 Å². The van der Waals surface area contributed by atoms with Crippen molar-refractivity contribution in [3.63, 3.8) is 0 Å². The maximum absolute atomic E-state index is 14.2. The van der Waals surface area contributed by atoms with Crippen LogP contribution < -0.4 is 5.73 Å². The summed E-state index contributed by atoms with van der Waals surface area (Å²) in [5.41, 5.74) is 9.09. The third-order valence-corrected chi connectivity index (χ3v) is 5.13. The first-order valence-corrected chi connectivity index (χ1v) is 9.25. The Morgan fingerprint density at radius 2 is 2.07 bits per heavy atom. The molecule has 142 valence electrons. The van der Waals surface area contributed by atoms with Crippen LogP contribution in [0.3, 0.4) is 0 Å². The summed E-state index contributed by atoms with van der Waals surface area (Å²) in [6.07, 6.45) is 4.42. The Labute approximate surface area is 156 Å². The van der Waals surface area contributed by atoms with Crippen LogP contribution in [0.15, 0.2) is 42.6 Å². The molecule has 27 heavy (non-hydrogen) atoms. The van der Waals surface area contributed by atoms with Crippen LogP contribution in [0.1, 0.15) is 36.0 Å². The Morgan fingerprint density at radius 3 is 2.89 bits per heavy atom. The van der Waals surface area contributed by atoms with Gasteiger partial charge < -0.3 is 10.7 Å². The number of nitrogens with two attached hydrogens (primary N) is 1. The number of alkyl halides is 2. The summed E-state index contributed by atoms with van der Waals surface area (Å²) >= 11 is 0. The number of para-hydroxylation sites is 2. The molecule has 0 fully saturated rings. The largest absolute Gasteiger partial charge is 0.341 e. The van der Waals surface area contributed by atoms with Gasteiger partial charge in [-0.15, -0.1) is 0 Å².